The van der Waals surface area contributed by atoms with Crippen molar-refractivity contribution in [2.75, 3.05) is 50.8 Å². The average molecular weight is 451 g/mol. The Hall–Kier alpha value is -3.39. The summed E-state index contributed by atoms with van der Waals surface area (Å²) in [6.07, 6.45) is 0.628. The van der Waals surface area contributed by atoms with Crippen LogP contribution in [0.25, 0.3) is 11.0 Å². The van der Waals surface area contributed by atoms with Crippen molar-refractivity contribution in [1.82, 2.24) is 9.55 Å². The number of methoxy groups -OCH3 is 1. The van der Waals surface area contributed by atoms with Gasteiger partial charge >= 0.3 is 5.97 Å². The van der Waals surface area contributed by atoms with Crippen molar-refractivity contribution in [1.29, 1.82) is 0 Å². The number of amides is 1. The molecule has 3 aromatic rings. The van der Waals surface area contributed by atoms with Crippen LogP contribution in [0.1, 0.15) is 24.9 Å². The highest BCUT2D eigenvalue weighted by atomic mass is 16.5. The van der Waals surface area contributed by atoms with Crippen LogP contribution in [0.3, 0.4) is 0 Å². The fourth-order valence-electron chi connectivity index (χ4n) is 4.40. The van der Waals surface area contributed by atoms with E-state index in [2.05, 4.69) is 0 Å². The number of hydrogen-bond acceptors (Lipinski definition) is 6. The molecule has 1 aromatic heterocycles. The first-order chi connectivity index (χ1) is 16.0. The molecule has 2 heterocycles. The molecule has 0 aliphatic carbocycles. The zero-order valence-electron chi connectivity index (χ0n) is 19.5. The van der Waals surface area contributed by atoms with Crippen LogP contribution in [-0.4, -0.2) is 62.4 Å². The highest BCUT2D eigenvalue weighted by Gasteiger charge is 2.47. The predicted octanol–water partition coefficient (Wildman–Crippen LogP) is 3.25. The number of para-hydroxylation sites is 2. The minimum Gasteiger partial charge on any atom is -0.465 e. The Morgan fingerprint density at radius 3 is 2.52 bits per heavy atom. The lowest BCUT2D eigenvalue weighted by Crippen LogP contribution is -2.50. The Morgan fingerprint density at radius 1 is 1.12 bits per heavy atom. The van der Waals surface area contributed by atoms with Gasteiger partial charge in [-0.1, -0.05) is 24.3 Å². The van der Waals surface area contributed by atoms with Crippen molar-refractivity contribution in [3.8, 4) is 0 Å². The van der Waals surface area contributed by atoms with Gasteiger partial charge in [-0.05, 0) is 43.2 Å². The second kappa shape index (κ2) is 9.62. The molecule has 1 aliphatic rings. The third-order valence-electron chi connectivity index (χ3n) is 5.97. The summed E-state index contributed by atoms with van der Waals surface area (Å²) < 4.78 is 12.6. The second-order valence-electron chi connectivity index (χ2n) is 8.27. The molecule has 0 fully saturated rings. The van der Waals surface area contributed by atoms with Crippen molar-refractivity contribution in [3.63, 3.8) is 0 Å². The zero-order chi connectivity index (χ0) is 23.5. The molecule has 4 rings (SSSR count). The molecule has 8 nitrogen and oxygen atoms in total. The van der Waals surface area contributed by atoms with Gasteiger partial charge in [-0.15, -0.1) is 0 Å². The molecule has 1 amide bonds. The fraction of sp³-hybridized carbons (Fsp3) is 0.400. The first kappa shape index (κ1) is 22.8. The van der Waals surface area contributed by atoms with E-state index in [4.69, 9.17) is 14.5 Å². The molecule has 0 spiro atoms. The van der Waals surface area contributed by atoms with E-state index in [1.807, 2.05) is 72.1 Å². The van der Waals surface area contributed by atoms with E-state index in [0.29, 0.717) is 25.5 Å². The van der Waals surface area contributed by atoms with Crippen LogP contribution in [0, 0.1) is 5.92 Å². The van der Waals surface area contributed by atoms with E-state index >= 15 is 0 Å². The van der Waals surface area contributed by atoms with E-state index in [1.54, 1.807) is 18.9 Å². The predicted molar refractivity (Wildman–Crippen MR) is 128 cm³/mol. The zero-order valence-corrected chi connectivity index (χ0v) is 19.5. The maximum atomic E-state index is 13.8. The minimum atomic E-state index is -1.01. The lowest BCUT2D eigenvalue weighted by atomic mass is 9.89. The van der Waals surface area contributed by atoms with Gasteiger partial charge in [-0.2, -0.15) is 0 Å². The molecule has 2 atom stereocenters. The standard InChI is InChI=1S/C25H30N4O4/c1-5-33-24(31)21-22(17-11-13-18(14-12-17)27(2)3)29-20-10-7-6-9-19(20)26-25(29)28(23(21)30)15-8-16-32-4/h6-7,9-14,21-22H,5,8,15-16H2,1-4H3. The SMILES string of the molecule is CCOC(=O)C1C(=O)N(CCCOC)c2nc3ccccc3n2C1c1ccc(N(C)C)cc1. The number of fused-ring (bicyclic) bond motifs is 3. The summed E-state index contributed by atoms with van der Waals surface area (Å²) in [5.74, 6) is -1.29. The number of anilines is 2. The van der Waals surface area contributed by atoms with Crippen LogP contribution in [0.15, 0.2) is 48.5 Å². The van der Waals surface area contributed by atoms with Crippen molar-refractivity contribution < 1.29 is 19.1 Å². The van der Waals surface area contributed by atoms with Crippen LogP contribution in [0.4, 0.5) is 11.6 Å². The van der Waals surface area contributed by atoms with Gasteiger partial charge in [0.25, 0.3) is 0 Å². The molecular weight excluding hydrogens is 420 g/mol. The van der Waals surface area contributed by atoms with E-state index < -0.39 is 17.9 Å². The average Bonchev–Trinajstić information content (AvgIpc) is 3.19. The summed E-state index contributed by atoms with van der Waals surface area (Å²) in [7, 11) is 5.57. The van der Waals surface area contributed by atoms with Crippen molar-refractivity contribution in [3.05, 3.63) is 54.1 Å². The number of ether oxygens (including phenoxy) is 2. The Bertz CT molecular complexity index is 1140. The summed E-state index contributed by atoms with van der Waals surface area (Å²) in [6.45, 7) is 2.86. The summed E-state index contributed by atoms with van der Waals surface area (Å²) >= 11 is 0. The number of hydrogen-bond donors (Lipinski definition) is 0. The van der Waals surface area contributed by atoms with E-state index in [9.17, 15) is 9.59 Å². The Kier molecular flexibility index (Phi) is 6.65. The van der Waals surface area contributed by atoms with E-state index in [0.717, 1.165) is 22.3 Å². The quantitative estimate of drug-likeness (QED) is 0.298. The molecule has 0 radical (unpaired) electrons. The molecule has 33 heavy (non-hydrogen) atoms. The number of nitrogens with zero attached hydrogens (tertiary/aromatic N) is 4. The highest BCUT2D eigenvalue weighted by molar-refractivity contribution is 6.08. The van der Waals surface area contributed by atoms with Crippen LogP contribution in [0.2, 0.25) is 0 Å². The van der Waals surface area contributed by atoms with Crippen molar-refractivity contribution in [2.24, 2.45) is 5.92 Å². The molecule has 0 saturated heterocycles. The number of esters is 1. The second-order valence-corrected chi connectivity index (χ2v) is 8.27. The first-order valence-electron chi connectivity index (χ1n) is 11.2. The lowest BCUT2D eigenvalue weighted by Gasteiger charge is -2.38. The number of carbonyl (C=O) groups is 2. The molecule has 2 unspecified atom stereocenters. The molecule has 8 heteroatoms. The molecule has 2 aromatic carbocycles. The first-order valence-corrected chi connectivity index (χ1v) is 11.2. The maximum absolute atomic E-state index is 13.8. The van der Waals surface area contributed by atoms with Crippen LogP contribution < -0.4 is 9.80 Å². The van der Waals surface area contributed by atoms with Gasteiger partial charge in [0.2, 0.25) is 11.9 Å². The number of aromatic nitrogens is 2. The number of benzene rings is 2. The Morgan fingerprint density at radius 2 is 1.85 bits per heavy atom. The number of imidazole rings is 1. The summed E-state index contributed by atoms with van der Waals surface area (Å²) in [5, 5.41) is 0. The summed E-state index contributed by atoms with van der Waals surface area (Å²) in [5.41, 5.74) is 3.53. The van der Waals surface area contributed by atoms with Crippen LogP contribution >= 0.6 is 0 Å². The minimum absolute atomic E-state index is 0.204. The summed E-state index contributed by atoms with van der Waals surface area (Å²) in [4.78, 5) is 35.3. The molecule has 0 N–H and O–H groups in total. The largest absolute Gasteiger partial charge is 0.465 e. The van der Waals surface area contributed by atoms with Crippen molar-refractivity contribution in [2.45, 2.75) is 19.4 Å². The molecule has 0 saturated carbocycles. The highest BCUT2D eigenvalue weighted by Crippen LogP contribution is 2.41. The van der Waals surface area contributed by atoms with E-state index in [-0.39, 0.29) is 12.5 Å². The normalized spacial score (nSPS) is 17.8. The van der Waals surface area contributed by atoms with Gasteiger partial charge in [0.1, 0.15) is 0 Å². The van der Waals surface area contributed by atoms with Gasteiger partial charge in [0.15, 0.2) is 5.92 Å². The van der Waals surface area contributed by atoms with Gasteiger partial charge in [0, 0.05) is 40.0 Å². The molecular formula is C25H30N4O4. The summed E-state index contributed by atoms with van der Waals surface area (Å²) in [6, 6.07) is 15.1. The van der Waals surface area contributed by atoms with Crippen LogP contribution in [-0.2, 0) is 19.1 Å². The molecule has 0 bridgehead atoms. The Labute approximate surface area is 193 Å². The lowest BCUT2D eigenvalue weighted by molar-refractivity contribution is -0.153. The topological polar surface area (TPSA) is 76.9 Å². The van der Waals surface area contributed by atoms with Gasteiger partial charge in [0.05, 0.1) is 23.7 Å². The van der Waals surface area contributed by atoms with E-state index in [1.165, 1.54) is 0 Å². The maximum Gasteiger partial charge on any atom is 0.321 e. The van der Waals surface area contributed by atoms with Crippen molar-refractivity contribution >= 4 is 34.5 Å². The monoisotopic (exact) mass is 450 g/mol. The smallest absolute Gasteiger partial charge is 0.321 e. The van der Waals surface area contributed by atoms with Gasteiger partial charge < -0.3 is 18.9 Å². The number of rotatable bonds is 8. The van der Waals surface area contributed by atoms with Gasteiger partial charge in [-0.25, -0.2) is 4.98 Å². The molecule has 1 aliphatic heterocycles. The van der Waals surface area contributed by atoms with Gasteiger partial charge in [-0.3, -0.25) is 14.5 Å². The third-order valence-corrected chi connectivity index (χ3v) is 5.97. The van der Waals surface area contributed by atoms with Crippen LogP contribution in [0.5, 0.6) is 0 Å². The fourth-order valence-corrected chi connectivity index (χ4v) is 4.40. The third kappa shape index (κ3) is 4.18. The molecule has 174 valence electrons. The number of carbonyl (C=O) groups excluding carboxylic acids is 2. The Balaban J connectivity index is 1.91.